The number of amides is 2. The Bertz CT molecular complexity index is 1460. The van der Waals surface area contributed by atoms with Gasteiger partial charge in [0.05, 0.1) is 29.3 Å². The number of halogens is 3. The Hall–Kier alpha value is -3.63. The highest BCUT2D eigenvalue weighted by molar-refractivity contribution is 6.09. The van der Waals surface area contributed by atoms with Crippen LogP contribution in [0.3, 0.4) is 0 Å². The summed E-state index contributed by atoms with van der Waals surface area (Å²) in [7, 11) is 0. The molecule has 2 saturated carbocycles. The highest BCUT2D eigenvalue weighted by Gasteiger charge is 2.56. The van der Waals surface area contributed by atoms with Crippen molar-refractivity contribution in [3.8, 4) is 17.0 Å². The number of benzene rings is 1. The number of aromatic amines is 1. The largest absolute Gasteiger partial charge is 0.493 e. The Balaban J connectivity index is 1.35. The molecule has 3 aliphatic rings. The first-order chi connectivity index (χ1) is 18.6. The van der Waals surface area contributed by atoms with Gasteiger partial charge in [-0.25, -0.2) is 9.97 Å². The first-order valence-electron chi connectivity index (χ1n) is 13.4. The van der Waals surface area contributed by atoms with E-state index in [4.69, 9.17) is 4.74 Å². The number of hydrogen-bond donors (Lipinski definition) is 2. The number of nitrogens with zero attached hydrogens (tertiary/aromatic N) is 3. The van der Waals surface area contributed by atoms with E-state index in [0.29, 0.717) is 60.1 Å². The summed E-state index contributed by atoms with van der Waals surface area (Å²) < 4.78 is 46.8. The summed E-state index contributed by atoms with van der Waals surface area (Å²) in [5.74, 6) is 0.442. The lowest BCUT2D eigenvalue weighted by molar-refractivity contribution is -0.137. The van der Waals surface area contributed by atoms with Crippen LogP contribution in [0.25, 0.3) is 22.3 Å². The molecule has 1 aromatic carbocycles. The molecule has 0 radical (unpaired) electrons. The van der Waals surface area contributed by atoms with E-state index in [1.807, 2.05) is 11.8 Å². The van der Waals surface area contributed by atoms with E-state index >= 15 is 0 Å². The summed E-state index contributed by atoms with van der Waals surface area (Å²) in [6, 6.07) is 3.20. The maximum absolute atomic E-state index is 13.6. The van der Waals surface area contributed by atoms with Crippen molar-refractivity contribution in [1.82, 2.24) is 25.2 Å². The Morgan fingerprint density at radius 2 is 2.00 bits per heavy atom. The van der Waals surface area contributed by atoms with Crippen molar-refractivity contribution < 1.29 is 27.5 Å². The van der Waals surface area contributed by atoms with Gasteiger partial charge < -0.3 is 19.9 Å². The van der Waals surface area contributed by atoms with Gasteiger partial charge in [-0.05, 0) is 56.7 Å². The van der Waals surface area contributed by atoms with Gasteiger partial charge in [0.2, 0.25) is 5.91 Å². The number of carbonyl (C=O) groups excluding carboxylic acids is 2. The van der Waals surface area contributed by atoms with Gasteiger partial charge in [-0.15, -0.1) is 0 Å². The molecule has 2 N–H and O–H groups in total. The van der Waals surface area contributed by atoms with Crippen LogP contribution in [0, 0.1) is 18.3 Å². The van der Waals surface area contributed by atoms with Crippen molar-refractivity contribution in [3.63, 3.8) is 0 Å². The quantitative estimate of drug-likeness (QED) is 0.445. The Morgan fingerprint density at radius 1 is 1.23 bits per heavy atom. The summed E-state index contributed by atoms with van der Waals surface area (Å²) >= 11 is 0. The second-order valence-corrected chi connectivity index (χ2v) is 11.1. The molecule has 1 aliphatic heterocycles. The third-order valence-electron chi connectivity index (χ3n) is 8.23. The smallest absolute Gasteiger partial charge is 0.416 e. The number of alkyl halides is 3. The van der Waals surface area contributed by atoms with Gasteiger partial charge in [0, 0.05) is 36.2 Å². The average Bonchev–Trinajstić information content (AvgIpc) is 3.81. The number of rotatable bonds is 7. The molecule has 3 heterocycles. The van der Waals surface area contributed by atoms with Gasteiger partial charge in [0.1, 0.15) is 23.3 Å². The molecular formula is C28H30F3N5O3. The molecule has 11 heteroatoms. The van der Waals surface area contributed by atoms with Crippen molar-refractivity contribution in [2.24, 2.45) is 11.3 Å². The summed E-state index contributed by atoms with van der Waals surface area (Å²) in [5, 5.41) is 3.13. The van der Waals surface area contributed by atoms with Crippen molar-refractivity contribution in [1.29, 1.82) is 0 Å². The number of fused-ring (bicyclic) bond motifs is 1. The van der Waals surface area contributed by atoms with Gasteiger partial charge in [0.15, 0.2) is 0 Å². The highest BCUT2D eigenvalue weighted by Crippen LogP contribution is 2.53. The monoisotopic (exact) mass is 541 g/mol. The number of likely N-dealkylation sites (tertiary alicyclic amines) is 1. The molecule has 0 unspecified atom stereocenters. The van der Waals surface area contributed by atoms with Crippen molar-refractivity contribution >= 4 is 22.8 Å². The highest BCUT2D eigenvalue weighted by atomic mass is 19.4. The van der Waals surface area contributed by atoms with E-state index in [1.165, 1.54) is 12.4 Å². The molecule has 39 heavy (non-hydrogen) atoms. The van der Waals surface area contributed by atoms with Gasteiger partial charge in [-0.3, -0.25) is 9.59 Å². The lowest BCUT2D eigenvalue weighted by Gasteiger charge is -2.18. The van der Waals surface area contributed by atoms with E-state index < -0.39 is 11.7 Å². The second kappa shape index (κ2) is 9.24. The van der Waals surface area contributed by atoms with Crippen molar-refractivity contribution in [2.45, 2.75) is 58.2 Å². The SMILES string of the molecule is CCC(=O)N1C[C@@H](NC(=O)c2c(C)[nH]c3c(-c4cc(C(F)(F)F)ccc4OCC4CC4)ncnc23)C2(CC2)C1. The molecule has 3 fully saturated rings. The minimum Gasteiger partial charge on any atom is -0.493 e. The van der Waals surface area contributed by atoms with Crippen LogP contribution in [-0.2, 0) is 11.0 Å². The van der Waals surface area contributed by atoms with Crippen LogP contribution in [0.15, 0.2) is 24.5 Å². The average molecular weight is 542 g/mol. The number of nitrogens with one attached hydrogen (secondary N) is 2. The maximum atomic E-state index is 13.6. The summed E-state index contributed by atoms with van der Waals surface area (Å²) in [5.41, 5.74) is 1.05. The summed E-state index contributed by atoms with van der Waals surface area (Å²) in [6.07, 6.45) is 1.10. The van der Waals surface area contributed by atoms with Crippen molar-refractivity contribution in [3.05, 3.63) is 41.3 Å². The van der Waals surface area contributed by atoms with E-state index in [2.05, 4.69) is 20.3 Å². The second-order valence-electron chi connectivity index (χ2n) is 11.1. The first-order valence-corrected chi connectivity index (χ1v) is 13.4. The predicted molar refractivity (Wildman–Crippen MR) is 137 cm³/mol. The van der Waals surface area contributed by atoms with Crippen LogP contribution >= 0.6 is 0 Å². The standard InChI is InChI=1S/C28H30F3N5O3/c1-3-21(37)36-11-20(27(13-36)8-9-27)35-26(38)22-15(2)34-25-23(32-14-33-24(22)25)18-10-17(28(29,30)31)6-7-19(18)39-12-16-4-5-16/h6-7,10,14,16,20,34H,3-5,8-9,11-13H2,1-2H3,(H,35,38)/t20-/m1/s1. The maximum Gasteiger partial charge on any atom is 0.416 e. The van der Waals surface area contributed by atoms with Crippen LogP contribution in [-0.4, -0.2) is 57.4 Å². The van der Waals surface area contributed by atoms with Gasteiger partial charge in [-0.2, -0.15) is 13.2 Å². The molecule has 8 nitrogen and oxygen atoms in total. The van der Waals surface area contributed by atoms with E-state index in [-0.39, 0.29) is 34.5 Å². The zero-order valence-electron chi connectivity index (χ0n) is 21.8. The molecule has 0 bridgehead atoms. The fourth-order valence-electron chi connectivity index (χ4n) is 5.59. The third-order valence-corrected chi connectivity index (χ3v) is 8.23. The number of ether oxygens (including phenoxy) is 1. The van der Waals surface area contributed by atoms with Gasteiger partial charge >= 0.3 is 6.18 Å². The van der Waals surface area contributed by atoms with E-state index in [1.54, 1.807) is 6.92 Å². The van der Waals surface area contributed by atoms with E-state index in [9.17, 15) is 22.8 Å². The Morgan fingerprint density at radius 3 is 2.67 bits per heavy atom. The van der Waals surface area contributed by atoms with Crippen LogP contribution < -0.4 is 10.1 Å². The minimum absolute atomic E-state index is 0.0690. The summed E-state index contributed by atoms with van der Waals surface area (Å²) in [4.78, 5) is 39.5. The molecule has 6 rings (SSSR count). The predicted octanol–water partition coefficient (Wildman–Crippen LogP) is 4.87. The topological polar surface area (TPSA) is 100 Å². The normalized spacial score (nSPS) is 20.0. The minimum atomic E-state index is -4.54. The van der Waals surface area contributed by atoms with Crippen LogP contribution in [0.5, 0.6) is 5.75 Å². The lowest BCUT2D eigenvalue weighted by Crippen LogP contribution is -2.42. The molecule has 2 amide bonds. The van der Waals surface area contributed by atoms with Crippen LogP contribution in [0.4, 0.5) is 13.2 Å². The molecule has 1 atom stereocenters. The molecule has 206 valence electrons. The molecular weight excluding hydrogens is 511 g/mol. The number of aryl methyl sites for hydroxylation is 1. The zero-order valence-corrected chi connectivity index (χ0v) is 21.8. The molecule has 1 spiro atoms. The molecule has 2 aliphatic carbocycles. The fourth-order valence-corrected chi connectivity index (χ4v) is 5.59. The molecule has 3 aromatic rings. The number of H-pyrrole nitrogens is 1. The fraction of sp³-hybridized carbons (Fsp3) is 0.500. The lowest BCUT2D eigenvalue weighted by atomic mass is 10.00. The Labute approximate surface area is 223 Å². The third kappa shape index (κ3) is 4.72. The van der Waals surface area contributed by atoms with Crippen molar-refractivity contribution in [2.75, 3.05) is 19.7 Å². The van der Waals surface area contributed by atoms with E-state index in [0.717, 1.165) is 37.8 Å². The van der Waals surface area contributed by atoms with Crippen LogP contribution in [0.1, 0.15) is 60.6 Å². The number of aromatic nitrogens is 3. The molecule has 2 aromatic heterocycles. The van der Waals surface area contributed by atoms with Gasteiger partial charge in [0.25, 0.3) is 5.91 Å². The summed E-state index contributed by atoms with van der Waals surface area (Å²) in [6.45, 7) is 5.08. The number of carbonyl (C=O) groups is 2. The number of hydrogen-bond acceptors (Lipinski definition) is 5. The van der Waals surface area contributed by atoms with Gasteiger partial charge in [-0.1, -0.05) is 6.92 Å². The Kier molecular flexibility index (Phi) is 6.07. The molecule has 1 saturated heterocycles. The van der Waals surface area contributed by atoms with Crippen LogP contribution in [0.2, 0.25) is 0 Å². The zero-order chi connectivity index (χ0) is 27.5. The first kappa shape index (κ1) is 25.6.